The molecule has 10 heteroatoms. The number of imidazole rings is 1. The maximum Gasteiger partial charge on any atom is 0.256 e. The Kier molecular flexibility index (Phi) is 6.31. The fourth-order valence-corrected chi connectivity index (χ4v) is 5.82. The lowest BCUT2D eigenvalue weighted by Crippen LogP contribution is -2.41. The average molecular weight is 504 g/mol. The molecule has 8 nitrogen and oxygen atoms in total. The van der Waals surface area contributed by atoms with E-state index in [1.807, 2.05) is 13.0 Å². The molecule has 2 N–H and O–H groups in total. The molecule has 0 saturated carbocycles. The van der Waals surface area contributed by atoms with E-state index in [0.29, 0.717) is 58.6 Å². The first-order valence-electron chi connectivity index (χ1n) is 11.6. The molecule has 4 heterocycles. The zero-order valence-electron chi connectivity index (χ0n) is 19.2. The molecule has 1 amide bonds. The van der Waals surface area contributed by atoms with Crippen molar-refractivity contribution in [3.05, 3.63) is 55.2 Å². The van der Waals surface area contributed by atoms with Gasteiger partial charge in [-0.25, -0.2) is 4.98 Å². The number of H-pyrrole nitrogens is 2. The Morgan fingerprint density at radius 3 is 2.76 bits per heavy atom. The maximum atomic E-state index is 13.7. The van der Waals surface area contributed by atoms with Crippen molar-refractivity contribution in [1.29, 1.82) is 0 Å². The zero-order valence-corrected chi connectivity index (χ0v) is 20.7. The van der Waals surface area contributed by atoms with Gasteiger partial charge in [0.1, 0.15) is 5.52 Å². The van der Waals surface area contributed by atoms with Crippen molar-refractivity contribution < 1.29 is 9.53 Å². The number of aromatic amines is 2. The number of hydrogen-bond donors (Lipinski definition) is 2. The minimum Gasteiger partial charge on any atom is -0.381 e. The molecule has 2 aromatic heterocycles. The molecule has 2 aliphatic rings. The van der Waals surface area contributed by atoms with Gasteiger partial charge in [0.2, 0.25) is 0 Å². The van der Waals surface area contributed by atoms with Crippen LogP contribution in [0.1, 0.15) is 46.9 Å². The van der Waals surface area contributed by atoms with E-state index in [9.17, 15) is 9.59 Å². The van der Waals surface area contributed by atoms with Crippen LogP contribution < -0.4 is 10.5 Å². The van der Waals surface area contributed by atoms with Gasteiger partial charge in [-0.1, -0.05) is 23.2 Å². The molecule has 0 radical (unpaired) electrons. The molecular formula is C24H27Cl2N5O3. The number of rotatable bonds is 5. The monoisotopic (exact) mass is 503 g/mol. The number of aromatic nitrogens is 3. The third-order valence-corrected chi connectivity index (χ3v) is 7.66. The molecular weight excluding hydrogens is 477 g/mol. The van der Waals surface area contributed by atoms with Crippen LogP contribution in [0, 0.1) is 6.92 Å². The lowest BCUT2D eigenvalue weighted by atomic mass is 9.96. The quantitative estimate of drug-likeness (QED) is 0.547. The molecule has 34 heavy (non-hydrogen) atoms. The zero-order chi connectivity index (χ0) is 24.0. The molecule has 1 saturated heterocycles. The number of carbonyl (C=O) groups excluding carboxylic acids is 1. The van der Waals surface area contributed by atoms with Crippen LogP contribution >= 0.6 is 23.2 Å². The normalized spacial score (nSPS) is 16.8. The lowest BCUT2D eigenvalue weighted by molar-refractivity contribution is 0.0727. The summed E-state index contributed by atoms with van der Waals surface area (Å²) in [5.74, 6) is -0.221. The number of hydrogen-bond acceptors (Lipinski definition) is 5. The molecule has 1 fully saturated rings. The van der Waals surface area contributed by atoms with Crippen molar-refractivity contribution in [2.45, 2.75) is 45.7 Å². The van der Waals surface area contributed by atoms with E-state index in [2.05, 4.69) is 26.8 Å². The van der Waals surface area contributed by atoms with Gasteiger partial charge in [0, 0.05) is 43.1 Å². The number of nitrogens with one attached hydrogen (secondary N) is 2. The SMILES string of the molecule is CCN(c1cc(Cl)c2c(c1Cl)C(=O)N(Cc1c(=O)[nH]c(C)c3[nH]cnc13)CC2)C1CCOCC1. The summed E-state index contributed by atoms with van der Waals surface area (Å²) in [5.41, 5.74) is 4.24. The first-order chi connectivity index (χ1) is 16.4. The van der Waals surface area contributed by atoms with Gasteiger partial charge in [0.05, 0.1) is 40.2 Å². The number of pyridine rings is 1. The number of anilines is 1. The van der Waals surface area contributed by atoms with Crippen LogP contribution in [-0.2, 0) is 17.7 Å². The van der Waals surface area contributed by atoms with Crippen LogP contribution in [0.3, 0.4) is 0 Å². The third kappa shape index (κ3) is 3.87. The molecule has 2 aliphatic heterocycles. The van der Waals surface area contributed by atoms with Crippen LogP contribution in [0.25, 0.3) is 11.0 Å². The largest absolute Gasteiger partial charge is 0.381 e. The highest BCUT2D eigenvalue weighted by molar-refractivity contribution is 6.39. The Hall–Kier alpha value is -2.55. The van der Waals surface area contributed by atoms with Crippen molar-refractivity contribution in [1.82, 2.24) is 19.9 Å². The summed E-state index contributed by atoms with van der Waals surface area (Å²) in [7, 11) is 0. The summed E-state index contributed by atoms with van der Waals surface area (Å²) >= 11 is 13.6. The van der Waals surface area contributed by atoms with Crippen molar-refractivity contribution in [3.8, 4) is 0 Å². The van der Waals surface area contributed by atoms with Gasteiger partial charge in [0.25, 0.3) is 11.5 Å². The Balaban J connectivity index is 1.52. The molecule has 0 spiro atoms. The van der Waals surface area contributed by atoms with Crippen molar-refractivity contribution >= 4 is 45.8 Å². The molecule has 0 aliphatic carbocycles. The van der Waals surface area contributed by atoms with Crippen LogP contribution in [0.2, 0.25) is 10.0 Å². The van der Waals surface area contributed by atoms with Gasteiger partial charge < -0.3 is 24.5 Å². The number of carbonyl (C=O) groups is 1. The highest BCUT2D eigenvalue weighted by Crippen LogP contribution is 2.41. The third-order valence-electron chi connectivity index (χ3n) is 6.94. The first kappa shape index (κ1) is 23.2. The Morgan fingerprint density at radius 1 is 1.26 bits per heavy atom. The number of aryl methyl sites for hydroxylation is 1. The summed E-state index contributed by atoms with van der Waals surface area (Å²) in [5, 5.41) is 0.973. The number of halogens is 2. The van der Waals surface area contributed by atoms with Crippen molar-refractivity contribution in [2.24, 2.45) is 0 Å². The van der Waals surface area contributed by atoms with E-state index in [1.54, 1.807) is 11.2 Å². The average Bonchev–Trinajstić information content (AvgIpc) is 3.32. The molecule has 1 aromatic carbocycles. The fourth-order valence-electron chi connectivity index (χ4n) is 5.17. The number of amides is 1. The van der Waals surface area contributed by atoms with Gasteiger partial charge in [-0.05, 0) is 44.7 Å². The van der Waals surface area contributed by atoms with E-state index in [-0.39, 0.29) is 24.1 Å². The highest BCUT2D eigenvalue weighted by Gasteiger charge is 2.33. The molecule has 0 atom stereocenters. The van der Waals surface area contributed by atoms with E-state index in [1.165, 1.54) is 0 Å². The Bertz CT molecular complexity index is 1310. The van der Waals surface area contributed by atoms with Gasteiger partial charge in [-0.2, -0.15) is 0 Å². The molecule has 180 valence electrons. The predicted molar refractivity (Wildman–Crippen MR) is 133 cm³/mol. The smallest absolute Gasteiger partial charge is 0.256 e. The lowest BCUT2D eigenvalue weighted by Gasteiger charge is -2.37. The number of ether oxygens (including phenoxy) is 1. The summed E-state index contributed by atoms with van der Waals surface area (Å²) in [6.45, 7) is 6.63. The first-order valence-corrected chi connectivity index (χ1v) is 12.4. The second-order valence-corrected chi connectivity index (χ2v) is 9.62. The van der Waals surface area contributed by atoms with Crippen LogP contribution in [-0.4, -0.2) is 58.1 Å². The maximum absolute atomic E-state index is 13.7. The molecule has 0 unspecified atom stereocenters. The van der Waals surface area contributed by atoms with Gasteiger partial charge in [-0.3, -0.25) is 9.59 Å². The second-order valence-electron chi connectivity index (χ2n) is 8.84. The Labute approximate surface area is 207 Å². The fraction of sp³-hybridized carbons (Fsp3) is 0.458. The van der Waals surface area contributed by atoms with Crippen LogP contribution in [0.15, 0.2) is 17.2 Å². The van der Waals surface area contributed by atoms with Gasteiger partial charge in [0.15, 0.2) is 0 Å². The standard InChI is InChI=1S/C24H27Cl2N5O3/c1-3-31(14-5-8-34-9-6-14)18-10-17(25)15-4-7-30(24(33)19(15)20(18)26)11-16-22-21(27-12-28-22)13(2)29-23(16)32/h10,12,14H,3-9,11H2,1-2H3,(H,27,28)(H,29,32). The van der Waals surface area contributed by atoms with Crippen LogP contribution in [0.4, 0.5) is 5.69 Å². The highest BCUT2D eigenvalue weighted by atomic mass is 35.5. The van der Waals surface area contributed by atoms with Crippen molar-refractivity contribution in [2.75, 3.05) is 31.2 Å². The summed E-state index contributed by atoms with van der Waals surface area (Å²) in [4.78, 5) is 40.6. The number of fused-ring (bicyclic) bond motifs is 2. The Morgan fingerprint density at radius 2 is 2.03 bits per heavy atom. The summed E-state index contributed by atoms with van der Waals surface area (Å²) < 4.78 is 5.52. The van der Waals surface area contributed by atoms with E-state index < -0.39 is 0 Å². The van der Waals surface area contributed by atoms with Gasteiger partial charge >= 0.3 is 0 Å². The van der Waals surface area contributed by atoms with Gasteiger partial charge in [-0.15, -0.1) is 0 Å². The minimum absolute atomic E-state index is 0.144. The van der Waals surface area contributed by atoms with E-state index in [4.69, 9.17) is 27.9 Å². The second kappa shape index (κ2) is 9.24. The number of benzene rings is 1. The minimum atomic E-state index is -0.245. The van der Waals surface area contributed by atoms with E-state index >= 15 is 0 Å². The summed E-state index contributed by atoms with van der Waals surface area (Å²) in [6.07, 6.45) is 3.92. The predicted octanol–water partition coefficient (Wildman–Crippen LogP) is 4.07. The molecule has 0 bridgehead atoms. The topological polar surface area (TPSA) is 94.3 Å². The van der Waals surface area contributed by atoms with E-state index in [0.717, 1.165) is 36.2 Å². The summed E-state index contributed by atoms with van der Waals surface area (Å²) in [6, 6.07) is 2.17. The van der Waals surface area contributed by atoms with Crippen molar-refractivity contribution in [3.63, 3.8) is 0 Å². The molecule has 3 aromatic rings. The molecule has 5 rings (SSSR count). The van der Waals surface area contributed by atoms with Crippen LogP contribution in [0.5, 0.6) is 0 Å². The number of nitrogens with zero attached hydrogens (tertiary/aromatic N) is 3.